The highest BCUT2D eigenvalue weighted by molar-refractivity contribution is 7.91. The van der Waals surface area contributed by atoms with E-state index >= 15 is 0 Å². The van der Waals surface area contributed by atoms with Crippen molar-refractivity contribution >= 4 is 21.6 Å². The Morgan fingerprint density at radius 3 is 2.62 bits per heavy atom. The third-order valence-electron chi connectivity index (χ3n) is 4.90. The quantitative estimate of drug-likeness (QED) is 0.768. The fourth-order valence-corrected chi connectivity index (χ4v) is 4.98. The van der Waals surface area contributed by atoms with Crippen molar-refractivity contribution in [2.45, 2.75) is 12.5 Å². The Morgan fingerprint density at radius 1 is 1.29 bits per heavy atom. The van der Waals surface area contributed by atoms with Crippen molar-refractivity contribution in [3.63, 3.8) is 0 Å². The van der Waals surface area contributed by atoms with Gasteiger partial charge in [-0.25, -0.2) is 13.4 Å². The number of piperazine rings is 1. The Labute approximate surface area is 143 Å². The van der Waals surface area contributed by atoms with Crippen LogP contribution in [0.15, 0.2) is 18.3 Å². The first-order valence-electron chi connectivity index (χ1n) is 8.23. The van der Waals surface area contributed by atoms with Crippen molar-refractivity contribution < 1.29 is 13.2 Å². The van der Waals surface area contributed by atoms with E-state index in [0.29, 0.717) is 17.8 Å². The first-order valence-corrected chi connectivity index (χ1v) is 10.0. The average Bonchev–Trinajstić information content (AvgIpc) is 2.94. The van der Waals surface area contributed by atoms with Gasteiger partial charge in [-0.2, -0.15) is 0 Å². The maximum Gasteiger partial charge on any atom is 0.254 e. The van der Waals surface area contributed by atoms with Crippen LogP contribution in [0.5, 0.6) is 0 Å². The van der Waals surface area contributed by atoms with E-state index in [9.17, 15) is 13.2 Å². The third kappa shape index (κ3) is 3.70. The molecule has 1 aromatic rings. The molecule has 1 unspecified atom stereocenters. The van der Waals surface area contributed by atoms with E-state index in [1.165, 1.54) is 0 Å². The number of pyridine rings is 1. The summed E-state index contributed by atoms with van der Waals surface area (Å²) in [5, 5.41) is 0. The van der Waals surface area contributed by atoms with Gasteiger partial charge in [0.05, 0.1) is 11.5 Å². The van der Waals surface area contributed by atoms with Crippen LogP contribution in [0.2, 0.25) is 0 Å². The minimum atomic E-state index is -2.95. The highest BCUT2D eigenvalue weighted by Gasteiger charge is 2.31. The number of carbonyl (C=O) groups excluding carboxylic acids is 1. The zero-order chi connectivity index (χ0) is 17.3. The Kier molecular flexibility index (Phi) is 4.78. The lowest BCUT2D eigenvalue weighted by Crippen LogP contribution is -2.47. The molecule has 8 heteroatoms. The van der Waals surface area contributed by atoms with Crippen LogP contribution in [0.25, 0.3) is 0 Å². The minimum Gasteiger partial charge on any atom is -0.356 e. The second kappa shape index (κ2) is 6.68. The van der Waals surface area contributed by atoms with Crippen LogP contribution >= 0.6 is 0 Å². The molecule has 2 aliphatic heterocycles. The molecule has 0 bridgehead atoms. The van der Waals surface area contributed by atoms with Crippen molar-refractivity contribution in [2.24, 2.45) is 0 Å². The van der Waals surface area contributed by atoms with Crippen molar-refractivity contribution in [3.05, 3.63) is 23.9 Å². The highest BCUT2D eigenvalue weighted by Crippen LogP contribution is 2.22. The fourth-order valence-electron chi connectivity index (χ4n) is 3.20. The van der Waals surface area contributed by atoms with Gasteiger partial charge in [-0.05, 0) is 25.6 Å². The molecule has 3 heterocycles. The molecule has 0 aromatic carbocycles. The minimum absolute atomic E-state index is 0.0131. The van der Waals surface area contributed by atoms with Gasteiger partial charge in [0.2, 0.25) is 0 Å². The van der Waals surface area contributed by atoms with Crippen LogP contribution in [-0.4, -0.2) is 86.9 Å². The maximum atomic E-state index is 12.7. The summed E-state index contributed by atoms with van der Waals surface area (Å²) in [6, 6.07) is 3.42. The van der Waals surface area contributed by atoms with Crippen molar-refractivity contribution in [1.29, 1.82) is 0 Å². The summed E-state index contributed by atoms with van der Waals surface area (Å²) in [5.74, 6) is 1.04. The average molecular weight is 352 g/mol. The monoisotopic (exact) mass is 352 g/mol. The SMILES string of the molecule is CN1CCN(C(=O)c2ccnc(N(C)C3CCS(=O)(=O)C3)c2)CC1. The van der Waals surface area contributed by atoms with Crippen LogP contribution in [0.3, 0.4) is 0 Å². The number of sulfone groups is 1. The lowest BCUT2D eigenvalue weighted by Gasteiger charge is -2.32. The number of nitrogens with zero attached hydrogens (tertiary/aromatic N) is 4. The molecule has 0 aliphatic carbocycles. The second-order valence-electron chi connectivity index (χ2n) is 6.67. The van der Waals surface area contributed by atoms with Crippen LogP contribution < -0.4 is 4.90 Å². The third-order valence-corrected chi connectivity index (χ3v) is 6.65. The van der Waals surface area contributed by atoms with Gasteiger partial charge in [-0.15, -0.1) is 0 Å². The van der Waals surface area contributed by atoms with Gasteiger partial charge in [-0.1, -0.05) is 0 Å². The topological polar surface area (TPSA) is 73.8 Å². The van der Waals surface area contributed by atoms with E-state index < -0.39 is 9.84 Å². The number of hydrogen-bond donors (Lipinski definition) is 0. The summed E-state index contributed by atoms with van der Waals surface area (Å²) < 4.78 is 23.3. The number of amides is 1. The number of likely N-dealkylation sites (N-methyl/N-ethyl adjacent to an activating group) is 1. The molecule has 0 spiro atoms. The first-order chi connectivity index (χ1) is 11.4. The van der Waals surface area contributed by atoms with Crippen molar-refractivity contribution in [1.82, 2.24) is 14.8 Å². The summed E-state index contributed by atoms with van der Waals surface area (Å²) >= 11 is 0. The van der Waals surface area contributed by atoms with E-state index in [4.69, 9.17) is 0 Å². The maximum absolute atomic E-state index is 12.7. The van der Waals surface area contributed by atoms with Gasteiger partial charge in [0.15, 0.2) is 9.84 Å². The molecular formula is C16H24N4O3S. The van der Waals surface area contributed by atoms with Gasteiger partial charge in [-0.3, -0.25) is 4.79 Å². The van der Waals surface area contributed by atoms with Gasteiger partial charge >= 0.3 is 0 Å². The molecule has 2 fully saturated rings. The van der Waals surface area contributed by atoms with Gasteiger partial charge < -0.3 is 14.7 Å². The molecule has 2 aliphatic rings. The first kappa shape index (κ1) is 17.2. The predicted molar refractivity (Wildman–Crippen MR) is 93.1 cm³/mol. The predicted octanol–water partition coefficient (Wildman–Crippen LogP) is 0.0925. The number of carbonyl (C=O) groups is 1. The summed E-state index contributed by atoms with van der Waals surface area (Å²) in [6.45, 7) is 3.21. The molecular weight excluding hydrogens is 328 g/mol. The van der Waals surface area contributed by atoms with E-state index in [-0.39, 0.29) is 23.5 Å². The van der Waals surface area contributed by atoms with Gasteiger partial charge in [0.25, 0.3) is 5.91 Å². The number of anilines is 1. The second-order valence-corrected chi connectivity index (χ2v) is 8.89. The molecule has 1 atom stereocenters. The molecule has 0 saturated carbocycles. The van der Waals surface area contributed by atoms with Crippen LogP contribution in [0.4, 0.5) is 5.82 Å². The molecule has 7 nitrogen and oxygen atoms in total. The van der Waals surface area contributed by atoms with Gasteiger partial charge in [0, 0.05) is 51.0 Å². The Bertz CT molecular complexity index is 714. The molecule has 0 radical (unpaired) electrons. The Balaban J connectivity index is 1.73. The highest BCUT2D eigenvalue weighted by atomic mass is 32.2. The summed E-state index contributed by atoms with van der Waals surface area (Å²) in [5.41, 5.74) is 0.609. The van der Waals surface area contributed by atoms with E-state index in [1.54, 1.807) is 18.3 Å². The fraction of sp³-hybridized carbons (Fsp3) is 0.625. The zero-order valence-electron chi connectivity index (χ0n) is 14.2. The lowest BCUT2D eigenvalue weighted by molar-refractivity contribution is 0.0664. The molecule has 1 amide bonds. The van der Waals surface area contributed by atoms with Crippen LogP contribution in [0, 0.1) is 0 Å². The molecule has 0 N–H and O–H groups in total. The smallest absolute Gasteiger partial charge is 0.254 e. The van der Waals surface area contributed by atoms with Crippen LogP contribution in [-0.2, 0) is 9.84 Å². The standard InChI is InChI=1S/C16H24N4O3S/c1-18-6-8-20(9-7-18)16(21)13-3-5-17-15(11-13)19(2)14-4-10-24(22,23)12-14/h3,5,11,14H,4,6-10,12H2,1-2H3. The summed E-state index contributed by atoms with van der Waals surface area (Å²) in [4.78, 5) is 22.9. The number of aromatic nitrogens is 1. The normalized spacial score (nSPS) is 24.1. The molecule has 132 valence electrons. The largest absolute Gasteiger partial charge is 0.356 e. The van der Waals surface area contributed by atoms with Crippen molar-refractivity contribution in [3.8, 4) is 0 Å². The van der Waals surface area contributed by atoms with E-state index in [0.717, 1.165) is 26.2 Å². The van der Waals surface area contributed by atoms with Crippen molar-refractivity contribution in [2.75, 3.05) is 56.7 Å². The Morgan fingerprint density at radius 2 is 2.00 bits per heavy atom. The number of rotatable bonds is 3. The molecule has 24 heavy (non-hydrogen) atoms. The summed E-state index contributed by atoms with van der Waals surface area (Å²) in [7, 11) is 0.951. The molecule has 1 aromatic heterocycles. The molecule has 2 saturated heterocycles. The van der Waals surface area contributed by atoms with Gasteiger partial charge in [0.1, 0.15) is 5.82 Å². The van der Waals surface area contributed by atoms with Crippen LogP contribution in [0.1, 0.15) is 16.8 Å². The molecule has 3 rings (SSSR count). The zero-order valence-corrected chi connectivity index (χ0v) is 15.0. The van der Waals surface area contributed by atoms with E-state index in [1.807, 2.05) is 16.8 Å². The summed E-state index contributed by atoms with van der Waals surface area (Å²) in [6.07, 6.45) is 2.23. The lowest BCUT2D eigenvalue weighted by atomic mass is 10.2. The Hall–Kier alpha value is -1.67. The number of hydrogen-bond acceptors (Lipinski definition) is 6. The van der Waals surface area contributed by atoms with E-state index in [2.05, 4.69) is 16.9 Å².